The van der Waals surface area contributed by atoms with Gasteiger partial charge in [0.2, 0.25) is 0 Å². The van der Waals surface area contributed by atoms with Crippen LogP contribution in [0.3, 0.4) is 0 Å². The van der Waals surface area contributed by atoms with Gasteiger partial charge in [-0.05, 0) is 24.3 Å². The maximum absolute atomic E-state index is 12.9. The quantitative estimate of drug-likeness (QED) is 0.769. The van der Waals surface area contributed by atoms with Crippen molar-refractivity contribution in [3.8, 4) is 0 Å². The van der Waals surface area contributed by atoms with E-state index in [0.29, 0.717) is 17.0 Å². The molecule has 0 radical (unpaired) electrons. The lowest BCUT2D eigenvalue weighted by atomic mass is 10.0. The van der Waals surface area contributed by atoms with Crippen LogP contribution in [0.1, 0.15) is 5.56 Å². The molecule has 0 saturated heterocycles. The molecule has 0 atom stereocenters. The first kappa shape index (κ1) is 12.3. The van der Waals surface area contributed by atoms with E-state index in [2.05, 4.69) is 11.7 Å². The highest BCUT2D eigenvalue weighted by atomic mass is 19.1. The third-order valence-corrected chi connectivity index (χ3v) is 3.05. The predicted octanol–water partition coefficient (Wildman–Crippen LogP) is 3.13. The van der Waals surface area contributed by atoms with E-state index < -0.39 is 0 Å². The summed E-state index contributed by atoms with van der Waals surface area (Å²) >= 11 is 0. The first-order valence-corrected chi connectivity index (χ1v) is 6.10. The van der Waals surface area contributed by atoms with Gasteiger partial charge in [-0.15, -0.1) is 0 Å². The smallest absolute Gasteiger partial charge is 0.267 e. The molecule has 98 valence electrons. The van der Waals surface area contributed by atoms with E-state index in [1.807, 2.05) is 30.3 Å². The molecular formula is C16H11FN2O. The Bertz CT molecular complexity index is 705. The normalized spacial score (nSPS) is 14.7. The van der Waals surface area contributed by atoms with Crippen LogP contribution in [0.25, 0.3) is 0 Å². The van der Waals surface area contributed by atoms with Crippen LogP contribution in [0.2, 0.25) is 0 Å². The summed E-state index contributed by atoms with van der Waals surface area (Å²) < 4.78 is 12.9. The first-order valence-electron chi connectivity index (χ1n) is 6.10. The van der Waals surface area contributed by atoms with E-state index in [4.69, 9.17) is 0 Å². The van der Waals surface area contributed by atoms with Gasteiger partial charge in [-0.1, -0.05) is 36.9 Å². The monoisotopic (exact) mass is 266 g/mol. The minimum atomic E-state index is -0.355. The molecule has 2 aromatic carbocycles. The molecule has 0 spiro atoms. The third-order valence-electron chi connectivity index (χ3n) is 3.05. The number of hydrazone groups is 1. The second-order valence-corrected chi connectivity index (χ2v) is 4.39. The van der Waals surface area contributed by atoms with Gasteiger partial charge in [0.1, 0.15) is 11.5 Å². The van der Waals surface area contributed by atoms with Gasteiger partial charge in [0.25, 0.3) is 5.91 Å². The van der Waals surface area contributed by atoms with Crippen molar-refractivity contribution in [3.63, 3.8) is 0 Å². The van der Waals surface area contributed by atoms with Gasteiger partial charge >= 0.3 is 0 Å². The molecule has 1 heterocycles. The molecule has 20 heavy (non-hydrogen) atoms. The van der Waals surface area contributed by atoms with Gasteiger partial charge in [0, 0.05) is 5.56 Å². The van der Waals surface area contributed by atoms with Gasteiger partial charge < -0.3 is 0 Å². The Morgan fingerprint density at radius 3 is 2.30 bits per heavy atom. The Morgan fingerprint density at radius 1 is 1.00 bits per heavy atom. The molecule has 2 aromatic rings. The molecule has 0 unspecified atom stereocenters. The van der Waals surface area contributed by atoms with E-state index in [0.717, 1.165) is 5.56 Å². The van der Waals surface area contributed by atoms with Crippen LogP contribution < -0.4 is 5.01 Å². The van der Waals surface area contributed by atoms with Crippen LogP contribution in [-0.2, 0) is 4.79 Å². The molecular weight excluding hydrogens is 255 g/mol. The SMILES string of the molecule is C=C1C(=O)N(c2ccc(F)cc2)N=C1c1ccccc1. The van der Waals surface area contributed by atoms with Crippen molar-refractivity contribution in [2.24, 2.45) is 5.10 Å². The number of carbonyl (C=O) groups excluding carboxylic acids is 1. The highest BCUT2D eigenvalue weighted by molar-refractivity contribution is 6.34. The number of amides is 1. The number of hydrogen-bond donors (Lipinski definition) is 0. The molecule has 0 fully saturated rings. The summed E-state index contributed by atoms with van der Waals surface area (Å²) in [5.41, 5.74) is 2.22. The average Bonchev–Trinajstić information content (AvgIpc) is 2.77. The number of anilines is 1. The number of nitrogens with zero attached hydrogens (tertiary/aromatic N) is 2. The minimum Gasteiger partial charge on any atom is -0.267 e. The highest BCUT2D eigenvalue weighted by Gasteiger charge is 2.30. The Kier molecular flexibility index (Phi) is 2.91. The van der Waals surface area contributed by atoms with Gasteiger partial charge in [-0.2, -0.15) is 10.1 Å². The summed E-state index contributed by atoms with van der Waals surface area (Å²) in [6.45, 7) is 3.79. The number of hydrogen-bond acceptors (Lipinski definition) is 2. The molecule has 1 aliphatic heterocycles. The molecule has 0 N–H and O–H groups in total. The topological polar surface area (TPSA) is 32.7 Å². The standard InChI is InChI=1S/C16H11FN2O/c1-11-15(12-5-3-2-4-6-12)18-19(16(11)20)14-9-7-13(17)8-10-14/h2-10H,1H2. The van der Waals surface area contributed by atoms with Crippen LogP contribution in [-0.4, -0.2) is 11.6 Å². The number of benzene rings is 2. The average molecular weight is 266 g/mol. The summed E-state index contributed by atoms with van der Waals surface area (Å²) in [5, 5.41) is 5.54. The molecule has 3 rings (SSSR count). The summed E-state index contributed by atoms with van der Waals surface area (Å²) in [5.74, 6) is -0.651. The van der Waals surface area contributed by atoms with Crippen molar-refractivity contribution in [2.45, 2.75) is 0 Å². The largest absolute Gasteiger partial charge is 0.280 e. The third kappa shape index (κ3) is 2.01. The van der Waals surface area contributed by atoms with Gasteiger partial charge in [0.15, 0.2) is 0 Å². The van der Waals surface area contributed by atoms with Gasteiger partial charge in [-0.25, -0.2) is 4.39 Å². The lowest BCUT2D eigenvalue weighted by molar-refractivity contribution is -0.114. The zero-order chi connectivity index (χ0) is 14.1. The molecule has 0 aromatic heterocycles. The summed E-state index contributed by atoms with van der Waals surface area (Å²) in [7, 11) is 0. The van der Waals surface area contributed by atoms with E-state index in [9.17, 15) is 9.18 Å². The molecule has 3 nitrogen and oxygen atoms in total. The molecule has 0 saturated carbocycles. The molecule has 0 bridgehead atoms. The lowest BCUT2D eigenvalue weighted by Gasteiger charge is -2.10. The Hall–Kier alpha value is -2.75. The lowest BCUT2D eigenvalue weighted by Crippen LogP contribution is -2.20. The fourth-order valence-electron chi connectivity index (χ4n) is 2.02. The van der Waals surface area contributed by atoms with Crippen LogP contribution in [0.4, 0.5) is 10.1 Å². The van der Waals surface area contributed by atoms with E-state index in [1.54, 1.807) is 0 Å². The minimum absolute atomic E-state index is 0.296. The fourth-order valence-corrected chi connectivity index (χ4v) is 2.02. The summed E-state index contributed by atoms with van der Waals surface area (Å²) in [6, 6.07) is 15.0. The fraction of sp³-hybridized carbons (Fsp3) is 0. The van der Waals surface area contributed by atoms with Gasteiger partial charge in [0.05, 0.1) is 11.3 Å². The van der Waals surface area contributed by atoms with Crippen molar-refractivity contribution in [2.75, 3.05) is 5.01 Å². The van der Waals surface area contributed by atoms with Crippen LogP contribution in [0.15, 0.2) is 71.9 Å². The molecule has 1 amide bonds. The van der Waals surface area contributed by atoms with Crippen molar-refractivity contribution in [3.05, 3.63) is 78.1 Å². The van der Waals surface area contributed by atoms with Crippen LogP contribution >= 0.6 is 0 Å². The zero-order valence-electron chi connectivity index (χ0n) is 10.6. The van der Waals surface area contributed by atoms with Crippen molar-refractivity contribution >= 4 is 17.3 Å². The maximum atomic E-state index is 12.9. The summed E-state index contributed by atoms with van der Waals surface area (Å²) in [6.07, 6.45) is 0. The van der Waals surface area contributed by atoms with Crippen molar-refractivity contribution in [1.82, 2.24) is 0 Å². The molecule has 4 heteroatoms. The first-order chi connectivity index (χ1) is 9.66. The number of halogens is 1. The van der Waals surface area contributed by atoms with Crippen molar-refractivity contribution < 1.29 is 9.18 Å². The number of rotatable bonds is 2. The highest BCUT2D eigenvalue weighted by Crippen LogP contribution is 2.25. The van der Waals surface area contributed by atoms with Crippen molar-refractivity contribution in [1.29, 1.82) is 0 Å². The van der Waals surface area contributed by atoms with Gasteiger partial charge in [-0.3, -0.25) is 4.79 Å². The zero-order valence-corrected chi connectivity index (χ0v) is 10.6. The summed E-state index contributed by atoms with van der Waals surface area (Å²) in [4.78, 5) is 12.2. The van der Waals surface area contributed by atoms with Crippen LogP contribution in [0, 0.1) is 5.82 Å². The van der Waals surface area contributed by atoms with E-state index in [-0.39, 0.29) is 11.7 Å². The van der Waals surface area contributed by atoms with Crippen LogP contribution in [0.5, 0.6) is 0 Å². The molecule has 0 aliphatic carbocycles. The molecule has 1 aliphatic rings. The Morgan fingerprint density at radius 2 is 1.65 bits per heavy atom. The van der Waals surface area contributed by atoms with E-state index >= 15 is 0 Å². The Balaban J connectivity index is 2.02. The number of carbonyl (C=O) groups is 1. The Labute approximate surface area is 115 Å². The predicted molar refractivity (Wildman–Crippen MR) is 76.0 cm³/mol. The maximum Gasteiger partial charge on any atom is 0.280 e. The second-order valence-electron chi connectivity index (χ2n) is 4.39. The van der Waals surface area contributed by atoms with E-state index in [1.165, 1.54) is 29.3 Å². The second kappa shape index (κ2) is 4.74.